The third-order valence-corrected chi connectivity index (χ3v) is 2.15. The number of amides is 1. The number of anilines is 2. The first-order chi connectivity index (χ1) is 8.13. The minimum Gasteiger partial charge on any atom is -0.360 e. The van der Waals surface area contributed by atoms with Crippen LogP contribution >= 0.6 is 0 Å². The highest BCUT2D eigenvalue weighted by atomic mass is 19.1. The number of para-hydroxylation sites is 1. The van der Waals surface area contributed by atoms with Crippen LogP contribution in [0.1, 0.15) is 5.76 Å². The van der Waals surface area contributed by atoms with E-state index in [4.69, 9.17) is 4.52 Å². The van der Waals surface area contributed by atoms with Crippen LogP contribution < -0.4 is 4.90 Å². The first kappa shape index (κ1) is 11.3. The number of nitrogens with zero attached hydrogens (tertiary/aromatic N) is 2. The van der Waals surface area contributed by atoms with Gasteiger partial charge in [-0.25, -0.2) is 8.78 Å². The lowest BCUT2D eigenvalue weighted by Crippen LogP contribution is -2.17. The highest BCUT2D eigenvalue weighted by Crippen LogP contribution is 2.28. The smallest absolute Gasteiger partial charge is 0.220 e. The van der Waals surface area contributed by atoms with Gasteiger partial charge in [-0.2, -0.15) is 0 Å². The van der Waals surface area contributed by atoms with Gasteiger partial charge in [-0.1, -0.05) is 11.2 Å². The summed E-state index contributed by atoms with van der Waals surface area (Å²) in [4.78, 5) is 11.7. The van der Waals surface area contributed by atoms with Crippen molar-refractivity contribution < 1.29 is 18.1 Å². The Kier molecular flexibility index (Phi) is 2.86. The minimum absolute atomic E-state index is 0.0292. The van der Waals surface area contributed by atoms with E-state index in [2.05, 4.69) is 5.16 Å². The van der Waals surface area contributed by atoms with Crippen molar-refractivity contribution in [1.82, 2.24) is 5.16 Å². The molecule has 0 unspecified atom stereocenters. The Morgan fingerprint density at radius 2 is 2.00 bits per heavy atom. The second-order valence-corrected chi connectivity index (χ2v) is 3.34. The number of hydrogen-bond acceptors (Lipinski definition) is 3. The number of halogens is 2. The molecule has 0 spiro atoms. The molecule has 1 aromatic heterocycles. The molecule has 0 aliphatic heterocycles. The summed E-state index contributed by atoms with van der Waals surface area (Å²) < 4.78 is 31.7. The van der Waals surface area contributed by atoms with Crippen molar-refractivity contribution in [3.05, 3.63) is 41.7 Å². The molecule has 0 radical (unpaired) electrons. The van der Waals surface area contributed by atoms with E-state index in [0.717, 1.165) is 17.0 Å². The van der Waals surface area contributed by atoms with Crippen LogP contribution in [-0.2, 0) is 4.79 Å². The Hall–Kier alpha value is -2.24. The normalized spacial score (nSPS) is 10.3. The largest absolute Gasteiger partial charge is 0.360 e. The molecule has 0 bridgehead atoms. The van der Waals surface area contributed by atoms with Crippen LogP contribution in [0.3, 0.4) is 0 Å². The van der Waals surface area contributed by atoms with E-state index in [9.17, 15) is 13.6 Å². The van der Waals surface area contributed by atoms with Crippen LogP contribution in [0.25, 0.3) is 0 Å². The molecule has 0 N–H and O–H groups in total. The van der Waals surface area contributed by atoms with E-state index in [1.54, 1.807) is 6.92 Å². The average molecular weight is 238 g/mol. The number of rotatable bonds is 3. The standard InChI is InChI=1S/C11H8F2N2O2/c1-7-5-10(14-17-7)15(6-16)11-8(12)3-2-4-9(11)13/h2-6H,1H3. The molecule has 17 heavy (non-hydrogen) atoms. The van der Waals surface area contributed by atoms with Crippen LogP contribution in [-0.4, -0.2) is 11.6 Å². The van der Waals surface area contributed by atoms with Gasteiger partial charge in [0.25, 0.3) is 0 Å². The maximum Gasteiger partial charge on any atom is 0.220 e. The molecule has 6 heteroatoms. The summed E-state index contributed by atoms with van der Waals surface area (Å²) in [6.45, 7) is 1.61. The van der Waals surface area contributed by atoms with Crippen LogP contribution in [0.2, 0.25) is 0 Å². The third-order valence-electron chi connectivity index (χ3n) is 2.15. The summed E-state index contributed by atoms with van der Waals surface area (Å²) in [5.41, 5.74) is -0.476. The molecule has 0 aliphatic carbocycles. The molecule has 2 rings (SSSR count). The number of carbonyl (C=O) groups is 1. The number of benzene rings is 1. The summed E-state index contributed by atoms with van der Waals surface area (Å²) in [6, 6.07) is 4.73. The molecular formula is C11H8F2N2O2. The van der Waals surface area contributed by atoms with Crippen LogP contribution in [0.5, 0.6) is 0 Å². The zero-order valence-corrected chi connectivity index (χ0v) is 8.85. The predicted octanol–water partition coefficient (Wildman–Crippen LogP) is 2.56. The highest BCUT2D eigenvalue weighted by molar-refractivity contribution is 5.85. The fraction of sp³-hybridized carbons (Fsp3) is 0.0909. The van der Waals surface area contributed by atoms with Crippen LogP contribution in [0.4, 0.5) is 20.3 Å². The van der Waals surface area contributed by atoms with Gasteiger partial charge in [-0.15, -0.1) is 0 Å². The molecule has 1 amide bonds. The first-order valence-corrected chi connectivity index (χ1v) is 4.75. The zero-order valence-electron chi connectivity index (χ0n) is 8.85. The van der Waals surface area contributed by atoms with Gasteiger partial charge in [0.2, 0.25) is 6.41 Å². The second-order valence-electron chi connectivity index (χ2n) is 3.34. The van der Waals surface area contributed by atoms with Gasteiger partial charge in [0, 0.05) is 6.07 Å². The molecule has 4 nitrogen and oxygen atoms in total. The Morgan fingerprint density at radius 3 is 2.47 bits per heavy atom. The van der Waals surface area contributed by atoms with E-state index in [1.165, 1.54) is 12.1 Å². The van der Waals surface area contributed by atoms with Crippen molar-refractivity contribution in [3.63, 3.8) is 0 Å². The summed E-state index contributed by atoms with van der Waals surface area (Å²) in [6.07, 6.45) is 0.277. The summed E-state index contributed by atoms with van der Waals surface area (Å²) in [5.74, 6) is -1.24. The maximum atomic E-state index is 13.5. The van der Waals surface area contributed by atoms with Crippen molar-refractivity contribution >= 4 is 17.9 Å². The maximum absolute atomic E-state index is 13.5. The lowest BCUT2D eigenvalue weighted by Gasteiger charge is -2.14. The minimum atomic E-state index is -0.849. The summed E-state index contributed by atoms with van der Waals surface area (Å²) >= 11 is 0. The number of carbonyl (C=O) groups excluding carboxylic acids is 1. The molecule has 1 aromatic carbocycles. The molecule has 1 heterocycles. The molecule has 88 valence electrons. The quantitative estimate of drug-likeness (QED) is 0.772. The van der Waals surface area contributed by atoms with Crippen molar-refractivity contribution in [2.75, 3.05) is 4.90 Å². The average Bonchev–Trinajstić information content (AvgIpc) is 2.70. The van der Waals surface area contributed by atoms with Crippen molar-refractivity contribution in [2.45, 2.75) is 6.92 Å². The van der Waals surface area contributed by atoms with Gasteiger partial charge in [-0.3, -0.25) is 9.69 Å². The van der Waals surface area contributed by atoms with E-state index in [1.807, 2.05) is 0 Å². The van der Waals surface area contributed by atoms with Crippen LogP contribution in [0, 0.1) is 18.6 Å². The number of aryl methyl sites for hydroxylation is 1. The summed E-state index contributed by atoms with van der Waals surface area (Å²) in [5, 5.41) is 3.53. The van der Waals surface area contributed by atoms with Crippen molar-refractivity contribution in [2.24, 2.45) is 0 Å². The van der Waals surface area contributed by atoms with Gasteiger partial charge in [0.1, 0.15) is 23.1 Å². The van der Waals surface area contributed by atoms with Gasteiger partial charge >= 0.3 is 0 Å². The molecule has 0 saturated heterocycles. The molecular weight excluding hydrogens is 230 g/mol. The monoisotopic (exact) mass is 238 g/mol. The van der Waals surface area contributed by atoms with Gasteiger partial charge in [0.05, 0.1) is 0 Å². The molecule has 0 fully saturated rings. The Bertz CT molecular complexity index is 534. The fourth-order valence-corrected chi connectivity index (χ4v) is 1.41. The Morgan fingerprint density at radius 1 is 1.35 bits per heavy atom. The van der Waals surface area contributed by atoms with Gasteiger partial charge < -0.3 is 4.52 Å². The van der Waals surface area contributed by atoms with Crippen LogP contribution in [0.15, 0.2) is 28.8 Å². The zero-order chi connectivity index (χ0) is 12.4. The molecule has 2 aromatic rings. The van der Waals surface area contributed by atoms with Gasteiger partial charge in [0.15, 0.2) is 5.82 Å². The Labute approximate surface area is 95.4 Å². The topological polar surface area (TPSA) is 46.3 Å². The molecule has 0 saturated carbocycles. The van der Waals surface area contributed by atoms with E-state index in [0.29, 0.717) is 5.76 Å². The first-order valence-electron chi connectivity index (χ1n) is 4.75. The lowest BCUT2D eigenvalue weighted by atomic mass is 10.2. The SMILES string of the molecule is Cc1cc(N(C=O)c2c(F)cccc2F)no1. The van der Waals surface area contributed by atoms with E-state index in [-0.39, 0.29) is 12.2 Å². The lowest BCUT2D eigenvalue weighted by molar-refractivity contribution is -0.106. The highest BCUT2D eigenvalue weighted by Gasteiger charge is 2.20. The fourth-order valence-electron chi connectivity index (χ4n) is 1.41. The molecule has 0 aliphatic rings. The predicted molar refractivity (Wildman–Crippen MR) is 55.8 cm³/mol. The molecule has 0 atom stereocenters. The van der Waals surface area contributed by atoms with Crippen molar-refractivity contribution in [3.8, 4) is 0 Å². The van der Waals surface area contributed by atoms with Gasteiger partial charge in [-0.05, 0) is 19.1 Å². The number of hydrogen-bond donors (Lipinski definition) is 0. The van der Waals surface area contributed by atoms with Crippen molar-refractivity contribution in [1.29, 1.82) is 0 Å². The Balaban J connectivity index is 2.53. The third kappa shape index (κ3) is 2.01. The van der Waals surface area contributed by atoms with E-state index < -0.39 is 17.3 Å². The second kappa shape index (κ2) is 4.32. The number of aromatic nitrogens is 1. The van der Waals surface area contributed by atoms with E-state index >= 15 is 0 Å². The summed E-state index contributed by atoms with van der Waals surface area (Å²) in [7, 11) is 0.